The number of benzene rings is 2. The Morgan fingerprint density at radius 1 is 0.818 bits per heavy atom. The van der Waals surface area contributed by atoms with E-state index in [1.54, 1.807) is 12.4 Å². The third-order valence-corrected chi connectivity index (χ3v) is 5.15. The topological polar surface area (TPSA) is 92.9 Å². The Morgan fingerprint density at radius 3 is 2.09 bits per heavy atom. The predicted octanol–water partition coefficient (Wildman–Crippen LogP) is 4.71. The zero-order chi connectivity index (χ0) is 23.5. The van der Waals surface area contributed by atoms with E-state index in [1.807, 2.05) is 60.5 Å². The maximum absolute atomic E-state index is 4.72. The van der Waals surface area contributed by atoms with Crippen molar-refractivity contribution >= 4 is 17.6 Å². The molecule has 0 saturated carbocycles. The second-order valence-corrected chi connectivity index (χ2v) is 7.34. The third-order valence-electron chi connectivity index (χ3n) is 5.15. The van der Waals surface area contributed by atoms with Gasteiger partial charge >= 0.3 is 0 Å². The number of nitrogens with one attached hydrogen (secondary N) is 1. The van der Waals surface area contributed by atoms with Gasteiger partial charge in [0.1, 0.15) is 11.6 Å². The Hall–Kier alpha value is -3.84. The molecule has 4 rings (SSSR count). The van der Waals surface area contributed by atoms with E-state index in [1.165, 1.54) is 12.6 Å². The Bertz CT molecular complexity index is 1100. The number of hydrogen-bond acceptors (Lipinski definition) is 7. The molecule has 33 heavy (non-hydrogen) atoms. The average Bonchev–Trinajstić information content (AvgIpc) is 2.90. The van der Waals surface area contributed by atoms with Crippen molar-refractivity contribution in [2.24, 2.45) is 5.73 Å². The number of aromatic nitrogens is 4. The van der Waals surface area contributed by atoms with Gasteiger partial charge in [-0.1, -0.05) is 67.6 Å². The van der Waals surface area contributed by atoms with Gasteiger partial charge in [-0.2, -0.15) is 4.98 Å². The van der Waals surface area contributed by atoms with Gasteiger partial charge in [-0.25, -0.2) is 15.0 Å². The van der Waals surface area contributed by atoms with Crippen LogP contribution in [0.3, 0.4) is 0 Å². The van der Waals surface area contributed by atoms with Crippen LogP contribution in [0, 0.1) is 0 Å². The summed E-state index contributed by atoms with van der Waals surface area (Å²) in [6.07, 6.45) is 5.45. The summed E-state index contributed by atoms with van der Waals surface area (Å²) in [6.45, 7) is 2.17. The van der Waals surface area contributed by atoms with Crippen LogP contribution in [0.25, 0.3) is 11.4 Å². The van der Waals surface area contributed by atoms with E-state index in [2.05, 4.69) is 52.2 Å². The molecule has 2 aromatic carbocycles. The van der Waals surface area contributed by atoms with Gasteiger partial charge in [0.2, 0.25) is 5.95 Å². The Morgan fingerprint density at radius 2 is 1.42 bits per heavy atom. The number of anilines is 3. The number of nitrogens with zero attached hydrogens (tertiary/aromatic N) is 5. The first-order chi connectivity index (χ1) is 16.2. The monoisotopic (exact) mass is 441 g/mol. The molecule has 0 radical (unpaired) electrons. The van der Waals surface area contributed by atoms with Gasteiger partial charge in [0, 0.05) is 31.0 Å². The van der Waals surface area contributed by atoms with Crippen molar-refractivity contribution in [1.82, 2.24) is 19.9 Å². The fourth-order valence-electron chi connectivity index (χ4n) is 3.36. The maximum Gasteiger partial charge on any atom is 0.224 e. The quantitative estimate of drug-likeness (QED) is 0.409. The van der Waals surface area contributed by atoms with Crippen molar-refractivity contribution in [2.45, 2.75) is 25.8 Å². The van der Waals surface area contributed by atoms with Crippen LogP contribution in [-0.2, 0) is 6.42 Å². The molecule has 0 aliphatic rings. The van der Waals surface area contributed by atoms with Gasteiger partial charge < -0.3 is 16.0 Å². The molecule has 0 spiro atoms. The van der Waals surface area contributed by atoms with Crippen LogP contribution in [0.5, 0.6) is 0 Å². The fraction of sp³-hybridized carbons (Fsp3) is 0.231. The van der Waals surface area contributed by atoms with E-state index >= 15 is 0 Å². The molecule has 0 amide bonds. The summed E-state index contributed by atoms with van der Waals surface area (Å²) >= 11 is 0. The van der Waals surface area contributed by atoms with Crippen molar-refractivity contribution in [3.8, 4) is 11.4 Å². The number of nitrogens with two attached hydrogens (primary N) is 1. The molecule has 7 heteroatoms. The fourth-order valence-corrected chi connectivity index (χ4v) is 3.36. The van der Waals surface area contributed by atoms with E-state index in [0.717, 1.165) is 30.0 Å². The average molecular weight is 442 g/mol. The SMILES string of the molecule is CC[C@@H](Cc1ccccc1)Nc1nccc(N(C)c2ccnc(-c3ccccc3)n2)n1.CN. The first-order valence-electron chi connectivity index (χ1n) is 11.1. The van der Waals surface area contributed by atoms with Crippen LogP contribution in [-0.4, -0.2) is 40.1 Å². The first kappa shape index (κ1) is 23.8. The standard InChI is InChI=1S/C25H26N6.CH5N/c1-3-21(18-19-10-6-4-7-11-19)28-25-27-17-15-23(30-25)31(2)22-14-16-26-24(29-22)20-12-8-5-9-13-20;1-2/h4-17,21H,3,18H2,1-2H3,(H,27,28,30);2H2,1H3/t21-;/m0./s1. The van der Waals surface area contributed by atoms with Crippen molar-refractivity contribution in [3.05, 3.63) is 90.8 Å². The highest BCUT2D eigenvalue weighted by Gasteiger charge is 2.13. The summed E-state index contributed by atoms with van der Waals surface area (Å²) in [4.78, 5) is 20.2. The molecule has 4 aromatic rings. The molecular formula is C26H31N7. The lowest BCUT2D eigenvalue weighted by Gasteiger charge is -2.20. The smallest absolute Gasteiger partial charge is 0.224 e. The van der Waals surface area contributed by atoms with Crippen LogP contribution in [0.2, 0.25) is 0 Å². The van der Waals surface area contributed by atoms with Crippen molar-refractivity contribution in [1.29, 1.82) is 0 Å². The van der Waals surface area contributed by atoms with E-state index in [9.17, 15) is 0 Å². The maximum atomic E-state index is 4.72. The summed E-state index contributed by atoms with van der Waals surface area (Å²) in [5, 5.41) is 3.48. The molecule has 3 N–H and O–H groups in total. The van der Waals surface area contributed by atoms with Gasteiger partial charge in [0.05, 0.1) is 0 Å². The van der Waals surface area contributed by atoms with E-state index in [4.69, 9.17) is 9.97 Å². The molecule has 7 nitrogen and oxygen atoms in total. The molecule has 170 valence electrons. The lowest BCUT2D eigenvalue weighted by atomic mass is 10.0. The van der Waals surface area contributed by atoms with E-state index in [-0.39, 0.29) is 6.04 Å². The highest BCUT2D eigenvalue weighted by molar-refractivity contribution is 5.61. The normalized spacial score (nSPS) is 11.2. The Labute approximate surface area is 195 Å². The van der Waals surface area contributed by atoms with Gasteiger partial charge in [0.15, 0.2) is 5.82 Å². The first-order valence-corrected chi connectivity index (χ1v) is 11.1. The van der Waals surface area contributed by atoms with Gasteiger partial charge in [-0.15, -0.1) is 0 Å². The van der Waals surface area contributed by atoms with Crippen LogP contribution in [0.15, 0.2) is 85.2 Å². The minimum atomic E-state index is 0.256. The molecule has 0 aliphatic heterocycles. The van der Waals surface area contributed by atoms with Crippen molar-refractivity contribution < 1.29 is 0 Å². The van der Waals surface area contributed by atoms with Gasteiger partial charge in [0.25, 0.3) is 0 Å². The number of hydrogen-bond donors (Lipinski definition) is 2. The van der Waals surface area contributed by atoms with Crippen LogP contribution < -0.4 is 16.0 Å². The molecule has 0 unspecified atom stereocenters. The molecule has 0 fully saturated rings. The van der Waals surface area contributed by atoms with Crippen LogP contribution in [0.1, 0.15) is 18.9 Å². The highest BCUT2D eigenvalue weighted by atomic mass is 15.3. The minimum absolute atomic E-state index is 0.256. The summed E-state index contributed by atoms with van der Waals surface area (Å²) in [7, 11) is 3.45. The second kappa shape index (κ2) is 12.3. The molecule has 1 atom stereocenters. The second-order valence-electron chi connectivity index (χ2n) is 7.34. The van der Waals surface area contributed by atoms with Crippen LogP contribution >= 0.6 is 0 Å². The van der Waals surface area contributed by atoms with Crippen LogP contribution in [0.4, 0.5) is 17.6 Å². The van der Waals surface area contributed by atoms with Gasteiger partial charge in [-0.05, 0) is 37.6 Å². The Balaban J connectivity index is 0.00000149. The largest absolute Gasteiger partial charge is 0.351 e. The van der Waals surface area contributed by atoms with Crippen molar-refractivity contribution in [2.75, 3.05) is 24.3 Å². The molecule has 2 heterocycles. The zero-order valence-electron chi connectivity index (χ0n) is 19.4. The summed E-state index contributed by atoms with van der Waals surface area (Å²) < 4.78 is 0. The third kappa shape index (κ3) is 6.57. The molecule has 0 saturated heterocycles. The van der Waals surface area contributed by atoms with E-state index in [0.29, 0.717) is 11.8 Å². The van der Waals surface area contributed by atoms with Crippen molar-refractivity contribution in [3.63, 3.8) is 0 Å². The summed E-state index contributed by atoms with van der Waals surface area (Å²) in [5.41, 5.74) is 6.78. The van der Waals surface area contributed by atoms with E-state index < -0.39 is 0 Å². The number of rotatable bonds is 8. The highest BCUT2D eigenvalue weighted by Crippen LogP contribution is 2.23. The molecule has 2 aromatic heterocycles. The summed E-state index contributed by atoms with van der Waals surface area (Å²) in [5.74, 6) is 2.84. The minimum Gasteiger partial charge on any atom is -0.351 e. The zero-order valence-corrected chi connectivity index (χ0v) is 19.4. The predicted molar refractivity (Wildman–Crippen MR) is 136 cm³/mol. The lowest BCUT2D eigenvalue weighted by molar-refractivity contribution is 0.682. The molecule has 0 aliphatic carbocycles. The Kier molecular flexibility index (Phi) is 8.85. The molecule has 0 bridgehead atoms. The molecular weight excluding hydrogens is 410 g/mol. The van der Waals surface area contributed by atoms with Gasteiger partial charge in [-0.3, -0.25) is 0 Å². The lowest BCUT2D eigenvalue weighted by Crippen LogP contribution is -2.23. The summed E-state index contributed by atoms with van der Waals surface area (Å²) in [6, 6.07) is 24.4.